The van der Waals surface area contributed by atoms with Gasteiger partial charge in [0.1, 0.15) is 10.8 Å². The standard InChI is InChI=1S/C22H22N5O2S/c1-3-8-16(12-25-29)18-13-24-20(27-22(28)23-4-2)11-17(18)21-26-19(14-30-21)15-9-6-5-7-10-15/h3,5-14,25H,4H2,1-2H3,(H2,23,24,27,28)/q-1/b8-3-,16-12+. The number of carbonyl (C=O) groups excluding carboxylic acids is 1. The van der Waals surface area contributed by atoms with Crippen molar-refractivity contribution in [2.45, 2.75) is 13.8 Å². The number of carbonyl (C=O) groups is 1. The van der Waals surface area contributed by atoms with Gasteiger partial charge in [-0.3, -0.25) is 5.32 Å². The third kappa shape index (κ3) is 5.11. The van der Waals surface area contributed by atoms with Gasteiger partial charge in [0.15, 0.2) is 0 Å². The highest BCUT2D eigenvalue weighted by atomic mass is 32.1. The highest BCUT2D eigenvalue weighted by Crippen LogP contribution is 2.35. The molecule has 3 N–H and O–H groups in total. The van der Waals surface area contributed by atoms with Crippen LogP contribution in [-0.2, 0) is 0 Å². The summed E-state index contributed by atoms with van der Waals surface area (Å²) < 4.78 is 0. The first-order chi connectivity index (χ1) is 14.7. The summed E-state index contributed by atoms with van der Waals surface area (Å²) in [7, 11) is 0. The van der Waals surface area contributed by atoms with Crippen LogP contribution in [0.3, 0.4) is 0 Å². The van der Waals surface area contributed by atoms with E-state index in [0.29, 0.717) is 17.9 Å². The summed E-state index contributed by atoms with van der Waals surface area (Å²) in [6, 6.07) is 11.3. The van der Waals surface area contributed by atoms with Gasteiger partial charge in [-0.05, 0) is 31.7 Å². The normalized spacial score (nSPS) is 11.5. The lowest BCUT2D eigenvalue weighted by atomic mass is 10.0. The molecule has 0 aliphatic heterocycles. The minimum Gasteiger partial charge on any atom is -0.761 e. The number of rotatable bonds is 7. The van der Waals surface area contributed by atoms with E-state index in [1.165, 1.54) is 17.5 Å². The number of hydroxylamine groups is 1. The molecule has 0 aliphatic rings. The lowest BCUT2D eigenvalue weighted by molar-refractivity contribution is 0.252. The molecule has 0 unspecified atom stereocenters. The average molecular weight is 421 g/mol. The number of allylic oxidation sites excluding steroid dienone is 3. The summed E-state index contributed by atoms with van der Waals surface area (Å²) in [6.07, 6.45) is 6.64. The van der Waals surface area contributed by atoms with Crippen molar-refractivity contribution < 1.29 is 4.79 Å². The van der Waals surface area contributed by atoms with E-state index in [1.807, 2.05) is 67.2 Å². The van der Waals surface area contributed by atoms with Crippen molar-refractivity contribution in [3.05, 3.63) is 77.1 Å². The predicted octanol–water partition coefficient (Wildman–Crippen LogP) is 5.02. The summed E-state index contributed by atoms with van der Waals surface area (Å²) in [4.78, 5) is 21.0. The predicted molar refractivity (Wildman–Crippen MR) is 123 cm³/mol. The van der Waals surface area contributed by atoms with Crippen molar-refractivity contribution in [2.75, 3.05) is 11.9 Å². The minimum atomic E-state index is -0.335. The van der Waals surface area contributed by atoms with Crippen molar-refractivity contribution in [1.29, 1.82) is 0 Å². The number of urea groups is 1. The monoisotopic (exact) mass is 420 g/mol. The van der Waals surface area contributed by atoms with Crippen LogP contribution in [0.4, 0.5) is 10.6 Å². The Morgan fingerprint density at radius 3 is 2.77 bits per heavy atom. The molecule has 2 amide bonds. The lowest BCUT2D eigenvalue weighted by Crippen LogP contribution is -2.28. The van der Waals surface area contributed by atoms with Crippen molar-refractivity contribution in [3.63, 3.8) is 0 Å². The summed E-state index contributed by atoms with van der Waals surface area (Å²) in [5.74, 6) is 0.395. The van der Waals surface area contributed by atoms with Crippen LogP contribution >= 0.6 is 11.3 Å². The molecule has 8 heteroatoms. The van der Waals surface area contributed by atoms with Gasteiger partial charge in [-0.15, -0.1) is 11.3 Å². The third-order valence-electron chi connectivity index (χ3n) is 4.16. The van der Waals surface area contributed by atoms with Gasteiger partial charge in [-0.25, -0.2) is 14.8 Å². The van der Waals surface area contributed by atoms with Crippen molar-refractivity contribution in [1.82, 2.24) is 20.8 Å². The molecule has 1 aromatic carbocycles. The Balaban J connectivity index is 2.08. The van der Waals surface area contributed by atoms with Crippen LogP contribution in [0.1, 0.15) is 19.4 Å². The average Bonchev–Trinajstić information content (AvgIpc) is 3.25. The molecule has 0 saturated heterocycles. The molecule has 0 aliphatic carbocycles. The highest BCUT2D eigenvalue weighted by Gasteiger charge is 2.15. The number of aromatic nitrogens is 2. The number of nitrogens with zero attached hydrogens (tertiary/aromatic N) is 2. The van der Waals surface area contributed by atoms with Crippen LogP contribution < -0.4 is 16.1 Å². The maximum Gasteiger partial charge on any atom is 0.320 e. The van der Waals surface area contributed by atoms with Crippen LogP contribution in [-0.4, -0.2) is 22.5 Å². The van der Waals surface area contributed by atoms with Crippen LogP contribution in [0.2, 0.25) is 0 Å². The van der Waals surface area contributed by atoms with E-state index in [4.69, 9.17) is 4.98 Å². The quantitative estimate of drug-likeness (QED) is 0.368. The topological polar surface area (TPSA) is 102 Å². The molecule has 2 heterocycles. The van der Waals surface area contributed by atoms with Crippen LogP contribution in [0.15, 0.2) is 66.3 Å². The van der Waals surface area contributed by atoms with Crippen molar-refractivity contribution >= 4 is 28.8 Å². The summed E-state index contributed by atoms with van der Waals surface area (Å²) in [5, 5.41) is 19.2. The SMILES string of the molecule is C/C=C\C(=C/N[O-])c1cnc(NC(=O)NCC)cc1-c1nc(-c2ccccc2)cs1. The number of thiazole rings is 1. The molecule has 0 atom stereocenters. The van der Waals surface area contributed by atoms with E-state index >= 15 is 0 Å². The number of hydrogen-bond acceptors (Lipinski definition) is 6. The molecule has 3 aromatic rings. The molecule has 154 valence electrons. The fourth-order valence-electron chi connectivity index (χ4n) is 2.85. The fraction of sp³-hybridized carbons (Fsp3) is 0.136. The van der Waals surface area contributed by atoms with Crippen LogP contribution in [0.5, 0.6) is 0 Å². The Labute approximate surface area is 179 Å². The molecule has 3 rings (SSSR count). The number of anilines is 1. The van der Waals surface area contributed by atoms with E-state index in [9.17, 15) is 10.0 Å². The maximum absolute atomic E-state index is 11.9. The zero-order valence-corrected chi connectivity index (χ0v) is 17.5. The largest absolute Gasteiger partial charge is 0.761 e. The van der Waals surface area contributed by atoms with Gasteiger partial charge < -0.3 is 16.0 Å². The van der Waals surface area contributed by atoms with E-state index < -0.39 is 0 Å². The smallest absolute Gasteiger partial charge is 0.320 e. The zero-order chi connectivity index (χ0) is 21.3. The van der Waals surface area contributed by atoms with Gasteiger partial charge in [0.25, 0.3) is 0 Å². The Morgan fingerprint density at radius 2 is 2.07 bits per heavy atom. The Hall–Kier alpha value is -3.49. The Morgan fingerprint density at radius 1 is 1.27 bits per heavy atom. The lowest BCUT2D eigenvalue weighted by Gasteiger charge is -2.13. The molecule has 0 spiro atoms. The number of nitrogens with one attached hydrogen (secondary N) is 3. The van der Waals surface area contributed by atoms with Crippen LogP contribution in [0, 0.1) is 5.21 Å². The summed E-state index contributed by atoms with van der Waals surface area (Å²) >= 11 is 1.49. The van der Waals surface area contributed by atoms with E-state index in [1.54, 1.807) is 12.3 Å². The summed E-state index contributed by atoms with van der Waals surface area (Å²) in [6.45, 7) is 4.22. The van der Waals surface area contributed by atoms with Gasteiger partial charge in [0, 0.05) is 34.8 Å². The first kappa shape index (κ1) is 21.2. The molecular weight excluding hydrogens is 398 g/mol. The number of benzene rings is 1. The van der Waals surface area contributed by atoms with Gasteiger partial charge >= 0.3 is 6.03 Å². The second-order valence-corrected chi connectivity index (χ2v) is 7.08. The number of amides is 2. The van der Waals surface area contributed by atoms with Crippen molar-refractivity contribution in [3.8, 4) is 21.8 Å². The van der Waals surface area contributed by atoms with E-state index in [-0.39, 0.29) is 6.03 Å². The molecular formula is C22H22N5O2S-. The zero-order valence-electron chi connectivity index (χ0n) is 16.7. The molecule has 30 heavy (non-hydrogen) atoms. The van der Waals surface area contributed by atoms with Gasteiger partial charge in [-0.2, -0.15) is 0 Å². The van der Waals surface area contributed by atoms with Gasteiger partial charge in [-0.1, -0.05) is 42.5 Å². The van der Waals surface area contributed by atoms with Gasteiger partial charge in [0.05, 0.1) is 5.69 Å². The molecule has 0 saturated carbocycles. The number of pyridine rings is 1. The highest BCUT2D eigenvalue weighted by molar-refractivity contribution is 7.13. The van der Waals surface area contributed by atoms with Crippen LogP contribution in [0.25, 0.3) is 27.4 Å². The molecule has 0 radical (unpaired) electrons. The van der Waals surface area contributed by atoms with E-state index in [0.717, 1.165) is 27.4 Å². The molecule has 0 bridgehead atoms. The molecule has 0 fully saturated rings. The number of hydrogen-bond donors (Lipinski definition) is 3. The minimum absolute atomic E-state index is 0.335. The second-order valence-electron chi connectivity index (χ2n) is 6.22. The Bertz CT molecular complexity index is 1060. The first-order valence-electron chi connectivity index (χ1n) is 9.43. The third-order valence-corrected chi connectivity index (χ3v) is 5.03. The van der Waals surface area contributed by atoms with E-state index in [2.05, 4.69) is 15.6 Å². The summed E-state index contributed by atoms with van der Waals surface area (Å²) in [5.41, 5.74) is 5.87. The molecule has 7 nitrogen and oxygen atoms in total. The fourth-order valence-corrected chi connectivity index (χ4v) is 3.71. The maximum atomic E-state index is 11.9. The second kappa shape index (κ2) is 10.3. The van der Waals surface area contributed by atoms with Crippen molar-refractivity contribution in [2.24, 2.45) is 0 Å². The Kier molecular flexibility index (Phi) is 7.31. The van der Waals surface area contributed by atoms with Gasteiger partial charge in [0.2, 0.25) is 0 Å². The first-order valence-corrected chi connectivity index (χ1v) is 10.3. The molecule has 2 aromatic heterocycles.